The van der Waals surface area contributed by atoms with Crippen molar-refractivity contribution in [3.8, 4) is 23.0 Å². The van der Waals surface area contributed by atoms with E-state index >= 15 is 0 Å². The highest BCUT2D eigenvalue weighted by molar-refractivity contribution is 7.09. The van der Waals surface area contributed by atoms with Gasteiger partial charge in [0.25, 0.3) is 5.91 Å². The second-order valence-electron chi connectivity index (χ2n) is 8.34. The van der Waals surface area contributed by atoms with E-state index in [2.05, 4.69) is 0 Å². The molecule has 4 rings (SSSR count). The van der Waals surface area contributed by atoms with E-state index in [1.807, 2.05) is 35.7 Å². The third-order valence-electron chi connectivity index (χ3n) is 5.87. The summed E-state index contributed by atoms with van der Waals surface area (Å²) in [6, 6.07) is 14.5. The molecular formula is C27H30N2O7S. The zero-order valence-electron chi connectivity index (χ0n) is 21.1. The van der Waals surface area contributed by atoms with E-state index in [1.54, 1.807) is 41.5 Å². The zero-order valence-corrected chi connectivity index (χ0v) is 21.9. The van der Waals surface area contributed by atoms with E-state index in [0.717, 1.165) is 10.4 Å². The average Bonchev–Trinajstić information content (AvgIpc) is 3.61. The first-order valence-corrected chi connectivity index (χ1v) is 12.6. The lowest BCUT2D eigenvalue weighted by molar-refractivity contribution is -0.133. The van der Waals surface area contributed by atoms with Crippen LogP contribution in [0.1, 0.15) is 20.8 Å². The van der Waals surface area contributed by atoms with Gasteiger partial charge in [-0.25, -0.2) is 0 Å². The molecule has 10 heteroatoms. The van der Waals surface area contributed by atoms with Crippen molar-refractivity contribution in [1.82, 2.24) is 9.80 Å². The van der Waals surface area contributed by atoms with E-state index < -0.39 is 0 Å². The molecule has 0 spiro atoms. The summed E-state index contributed by atoms with van der Waals surface area (Å²) in [4.78, 5) is 31.4. The molecule has 0 N–H and O–H groups in total. The maximum absolute atomic E-state index is 13.7. The van der Waals surface area contributed by atoms with Gasteiger partial charge in [-0.05, 0) is 41.3 Å². The van der Waals surface area contributed by atoms with Gasteiger partial charge < -0.3 is 33.5 Å². The van der Waals surface area contributed by atoms with Gasteiger partial charge in [-0.3, -0.25) is 9.59 Å². The van der Waals surface area contributed by atoms with E-state index in [1.165, 1.54) is 19.1 Å². The highest BCUT2D eigenvalue weighted by Crippen LogP contribution is 2.33. The molecule has 0 atom stereocenters. The Labute approximate surface area is 220 Å². The van der Waals surface area contributed by atoms with Crippen LogP contribution in [0.15, 0.2) is 53.9 Å². The summed E-state index contributed by atoms with van der Waals surface area (Å²) < 4.78 is 26.8. The normalized spacial score (nSPS) is 11.8. The van der Waals surface area contributed by atoms with Gasteiger partial charge in [0, 0.05) is 36.7 Å². The van der Waals surface area contributed by atoms with Crippen molar-refractivity contribution in [2.24, 2.45) is 0 Å². The number of methoxy groups -OCH3 is 3. The number of amides is 2. The number of hydrogen-bond acceptors (Lipinski definition) is 8. The van der Waals surface area contributed by atoms with Crippen LogP contribution in [0, 0.1) is 0 Å². The molecule has 9 nitrogen and oxygen atoms in total. The van der Waals surface area contributed by atoms with Crippen LogP contribution in [0.4, 0.5) is 0 Å². The minimum Gasteiger partial charge on any atom is -0.497 e. The number of rotatable bonds is 12. The number of benzene rings is 2. The summed E-state index contributed by atoms with van der Waals surface area (Å²) in [6.07, 6.45) is 0. The summed E-state index contributed by atoms with van der Waals surface area (Å²) >= 11 is 1.58. The monoisotopic (exact) mass is 526 g/mol. The van der Waals surface area contributed by atoms with Crippen molar-refractivity contribution < 1.29 is 33.3 Å². The number of ether oxygens (including phenoxy) is 5. The second kappa shape index (κ2) is 12.5. The Morgan fingerprint density at radius 2 is 1.68 bits per heavy atom. The van der Waals surface area contributed by atoms with Gasteiger partial charge in [0.05, 0.1) is 27.4 Å². The van der Waals surface area contributed by atoms with Crippen LogP contribution in [-0.2, 0) is 22.6 Å². The minimum atomic E-state index is -0.318. The molecule has 196 valence electrons. The molecule has 1 aliphatic heterocycles. The van der Waals surface area contributed by atoms with E-state index in [0.29, 0.717) is 41.7 Å². The summed E-state index contributed by atoms with van der Waals surface area (Å²) in [5.74, 6) is 1.81. The lowest BCUT2D eigenvalue weighted by atomic mass is 10.1. The topological polar surface area (TPSA) is 86.8 Å². The highest BCUT2D eigenvalue weighted by Gasteiger charge is 2.24. The van der Waals surface area contributed by atoms with Gasteiger partial charge in [0.15, 0.2) is 11.5 Å². The Morgan fingerprint density at radius 1 is 0.919 bits per heavy atom. The lowest BCUT2D eigenvalue weighted by Crippen LogP contribution is -2.43. The van der Waals surface area contributed by atoms with Gasteiger partial charge in [0.1, 0.15) is 18.0 Å². The molecule has 0 bridgehead atoms. The second-order valence-corrected chi connectivity index (χ2v) is 9.37. The van der Waals surface area contributed by atoms with Crippen LogP contribution in [0.2, 0.25) is 0 Å². The Kier molecular flexibility index (Phi) is 8.86. The fourth-order valence-corrected chi connectivity index (χ4v) is 4.63. The van der Waals surface area contributed by atoms with Crippen molar-refractivity contribution in [3.05, 3.63) is 69.9 Å². The standard InChI is InChI=1S/C27H30N2O7S/c1-32-9-8-28(27(31)20-12-21(33-2)14-22(13-20)34-3)17-26(30)29(16-23-5-4-10-37-23)15-19-6-7-24-25(11-19)36-18-35-24/h4-7,10-14H,8-9,15-18H2,1-3H3. The van der Waals surface area contributed by atoms with Crippen molar-refractivity contribution in [1.29, 1.82) is 0 Å². The Bertz CT molecular complexity index is 1190. The molecule has 0 radical (unpaired) electrons. The maximum atomic E-state index is 13.7. The number of thiophene rings is 1. The predicted molar refractivity (Wildman–Crippen MR) is 138 cm³/mol. The quantitative estimate of drug-likeness (QED) is 0.355. The smallest absolute Gasteiger partial charge is 0.254 e. The molecule has 0 aliphatic carbocycles. The molecule has 0 fully saturated rings. The largest absolute Gasteiger partial charge is 0.497 e. The van der Waals surface area contributed by atoms with Gasteiger partial charge in [-0.2, -0.15) is 0 Å². The molecule has 0 saturated carbocycles. The molecule has 0 unspecified atom stereocenters. The van der Waals surface area contributed by atoms with E-state index in [-0.39, 0.29) is 38.3 Å². The third-order valence-corrected chi connectivity index (χ3v) is 6.73. The summed E-state index contributed by atoms with van der Waals surface area (Å²) in [7, 11) is 4.60. The maximum Gasteiger partial charge on any atom is 0.254 e. The first-order chi connectivity index (χ1) is 18.0. The van der Waals surface area contributed by atoms with Crippen molar-refractivity contribution >= 4 is 23.2 Å². The number of carbonyl (C=O) groups is 2. The van der Waals surface area contributed by atoms with Crippen LogP contribution in [-0.4, -0.2) is 69.4 Å². The minimum absolute atomic E-state index is 0.113. The first kappa shape index (κ1) is 26.3. The number of fused-ring (bicyclic) bond motifs is 1. The Morgan fingerprint density at radius 3 is 2.35 bits per heavy atom. The molecule has 2 amide bonds. The molecule has 1 aromatic heterocycles. The fourth-order valence-electron chi connectivity index (χ4n) is 3.91. The molecular weight excluding hydrogens is 496 g/mol. The van der Waals surface area contributed by atoms with Crippen molar-refractivity contribution in [3.63, 3.8) is 0 Å². The number of hydrogen-bond donors (Lipinski definition) is 0. The highest BCUT2D eigenvalue weighted by atomic mass is 32.1. The fraction of sp³-hybridized carbons (Fsp3) is 0.333. The molecule has 1 aliphatic rings. The van der Waals surface area contributed by atoms with Gasteiger partial charge in [0.2, 0.25) is 12.7 Å². The lowest BCUT2D eigenvalue weighted by Gasteiger charge is -2.28. The Hall–Kier alpha value is -3.76. The van der Waals surface area contributed by atoms with Gasteiger partial charge >= 0.3 is 0 Å². The van der Waals surface area contributed by atoms with Crippen LogP contribution < -0.4 is 18.9 Å². The zero-order chi connectivity index (χ0) is 26.2. The molecule has 37 heavy (non-hydrogen) atoms. The van der Waals surface area contributed by atoms with Crippen LogP contribution in [0.5, 0.6) is 23.0 Å². The predicted octanol–water partition coefficient (Wildman–Crippen LogP) is 3.81. The van der Waals surface area contributed by atoms with Crippen LogP contribution in [0.3, 0.4) is 0 Å². The van der Waals surface area contributed by atoms with Crippen LogP contribution in [0.25, 0.3) is 0 Å². The van der Waals surface area contributed by atoms with E-state index in [4.69, 9.17) is 23.7 Å². The third kappa shape index (κ3) is 6.72. The molecule has 2 aromatic carbocycles. The first-order valence-electron chi connectivity index (χ1n) is 11.7. The average molecular weight is 527 g/mol. The van der Waals surface area contributed by atoms with Gasteiger partial charge in [-0.15, -0.1) is 11.3 Å². The Balaban J connectivity index is 1.56. The van der Waals surface area contributed by atoms with E-state index in [9.17, 15) is 9.59 Å². The molecule has 0 saturated heterocycles. The summed E-state index contributed by atoms with van der Waals surface area (Å²) in [6.45, 7) is 1.38. The molecule has 3 aromatic rings. The summed E-state index contributed by atoms with van der Waals surface area (Å²) in [5.41, 5.74) is 1.27. The number of carbonyl (C=O) groups excluding carboxylic acids is 2. The van der Waals surface area contributed by atoms with Gasteiger partial charge in [-0.1, -0.05) is 12.1 Å². The summed E-state index contributed by atoms with van der Waals surface area (Å²) in [5, 5.41) is 1.98. The van der Waals surface area contributed by atoms with Crippen LogP contribution >= 0.6 is 11.3 Å². The number of nitrogens with zero attached hydrogens (tertiary/aromatic N) is 2. The van der Waals surface area contributed by atoms with Crippen molar-refractivity contribution in [2.45, 2.75) is 13.1 Å². The van der Waals surface area contributed by atoms with Crippen molar-refractivity contribution in [2.75, 3.05) is 47.8 Å². The molecule has 2 heterocycles. The SMILES string of the molecule is COCCN(CC(=O)N(Cc1ccc2c(c1)OCO2)Cc1cccs1)C(=O)c1cc(OC)cc(OC)c1.